The van der Waals surface area contributed by atoms with Gasteiger partial charge in [-0.1, -0.05) is 23.7 Å². The molecule has 0 aliphatic carbocycles. The first kappa shape index (κ1) is 16.5. The average Bonchev–Trinajstić information content (AvgIpc) is 3.14. The highest BCUT2D eigenvalue weighted by Crippen LogP contribution is 2.30. The molecule has 2 aromatic rings. The lowest BCUT2D eigenvalue weighted by Gasteiger charge is -2.20. The van der Waals surface area contributed by atoms with Crippen LogP contribution in [0, 0.1) is 0 Å². The number of hydrogen-bond acceptors (Lipinski definition) is 4. The molecular weight excluding hydrogens is 350 g/mol. The number of hydrogen-bond donors (Lipinski definition) is 2. The molecule has 1 aromatic heterocycles. The summed E-state index contributed by atoms with van der Waals surface area (Å²) in [4.78, 5) is 37.8. The van der Waals surface area contributed by atoms with E-state index in [1.54, 1.807) is 42.6 Å². The molecule has 4 amide bonds. The fourth-order valence-electron chi connectivity index (χ4n) is 2.48. The Morgan fingerprint density at radius 3 is 2.75 bits per heavy atom. The van der Waals surface area contributed by atoms with Gasteiger partial charge in [0.1, 0.15) is 12.1 Å². The largest absolute Gasteiger partial charge is 0.325 e. The fraction of sp³-hybridized carbons (Fsp3) is 0.188. The van der Waals surface area contributed by atoms with Crippen LogP contribution in [-0.4, -0.2) is 29.3 Å². The van der Waals surface area contributed by atoms with Gasteiger partial charge in [-0.3, -0.25) is 14.5 Å². The van der Waals surface area contributed by atoms with Crippen molar-refractivity contribution in [3.05, 3.63) is 51.7 Å². The highest BCUT2D eigenvalue weighted by molar-refractivity contribution is 7.08. The normalized spacial score (nSPS) is 20.2. The number of halogens is 1. The number of carbonyl (C=O) groups excluding carboxylic acids is 3. The van der Waals surface area contributed by atoms with Gasteiger partial charge in [-0.15, -0.1) is 0 Å². The van der Waals surface area contributed by atoms with Crippen molar-refractivity contribution >= 4 is 46.5 Å². The summed E-state index contributed by atoms with van der Waals surface area (Å²) in [7, 11) is 0. The number of nitrogens with one attached hydrogen (secondary N) is 2. The lowest BCUT2D eigenvalue weighted by molar-refractivity contribution is -0.133. The monoisotopic (exact) mass is 363 g/mol. The second-order valence-corrected chi connectivity index (χ2v) is 6.67. The first-order valence-electron chi connectivity index (χ1n) is 7.13. The fourth-order valence-corrected chi connectivity index (χ4v) is 3.43. The van der Waals surface area contributed by atoms with Gasteiger partial charge >= 0.3 is 6.03 Å². The number of benzene rings is 1. The third-order valence-electron chi connectivity index (χ3n) is 3.82. The summed E-state index contributed by atoms with van der Waals surface area (Å²) in [5, 5.41) is 9.25. The Balaban J connectivity index is 1.74. The van der Waals surface area contributed by atoms with Crippen LogP contribution in [0.3, 0.4) is 0 Å². The van der Waals surface area contributed by atoms with Crippen LogP contribution in [0.15, 0.2) is 41.1 Å². The molecule has 24 heavy (non-hydrogen) atoms. The van der Waals surface area contributed by atoms with Crippen molar-refractivity contribution in [2.24, 2.45) is 0 Å². The van der Waals surface area contributed by atoms with Crippen molar-refractivity contribution in [3.63, 3.8) is 0 Å². The molecule has 1 atom stereocenters. The third kappa shape index (κ3) is 2.88. The first-order valence-corrected chi connectivity index (χ1v) is 8.45. The number of para-hydroxylation sites is 1. The van der Waals surface area contributed by atoms with Crippen molar-refractivity contribution in [3.8, 4) is 0 Å². The zero-order valence-electron chi connectivity index (χ0n) is 12.7. The highest BCUT2D eigenvalue weighted by Gasteiger charge is 2.49. The van der Waals surface area contributed by atoms with E-state index in [1.807, 2.05) is 5.38 Å². The van der Waals surface area contributed by atoms with Gasteiger partial charge in [-0.05, 0) is 41.4 Å². The molecule has 124 valence electrons. The topological polar surface area (TPSA) is 78.5 Å². The van der Waals surface area contributed by atoms with Crippen LogP contribution < -0.4 is 10.6 Å². The number of thiophene rings is 1. The second kappa shape index (κ2) is 6.26. The van der Waals surface area contributed by atoms with Gasteiger partial charge in [0.15, 0.2) is 0 Å². The molecule has 6 nitrogen and oxygen atoms in total. The van der Waals surface area contributed by atoms with Crippen molar-refractivity contribution in [2.45, 2.75) is 12.5 Å². The summed E-state index contributed by atoms with van der Waals surface area (Å²) in [6.07, 6.45) is 0. The second-order valence-electron chi connectivity index (χ2n) is 5.49. The van der Waals surface area contributed by atoms with Crippen LogP contribution >= 0.6 is 22.9 Å². The Morgan fingerprint density at radius 1 is 1.33 bits per heavy atom. The van der Waals surface area contributed by atoms with Crippen LogP contribution in [0.25, 0.3) is 0 Å². The van der Waals surface area contributed by atoms with Gasteiger partial charge in [0.25, 0.3) is 5.91 Å². The summed E-state index contributed by atoms with van der Waals surface area (Å²) < 4.78 is 0. The lowest BCUT2D eigenvalue weighted by Crippen LogP contribution is -2.41. The SMILES string of the molecule is C[C@@]1(c2ccsc2)NC(=O)N(CC(=O)Nc2ccccc2Cl)C1=O. The molecule has 1 aliphatic rings. The van der Waals surface area contributed by atoms with Crippen LogP contribution in [0.2, 0.25) is 5.02 Å². The first-order chi connectivity index (χ1) is 11.4. The summed E-state index contributed by atoms with van der Waals surface area (Å²) >= 11 is 7.41. The zero-order valence-corrected chi connectivity index (χ0v) is 14.3. The van der Waals surface area contributed by atoms with Crippen LogP contribution in [-0.2, 0) is 15.1 Å². The molecule has 0 saturated carbocycles. The molecular formula is C16H14ClN3O3S. The molecule has 1 fully saturated rings. The van der Waals surface area contributed by atoms with Crippen molar-refractivity contribution in [2.75, 3.05) is 11.9 Å². The smallest absolute Gasteiger partial charge is 0.323 e. The maximum absolute atomic E-state index is 12.6. The molecule has 1 aromatic carbocycles. The molecule has 0 unspecified atom stereocenters. The summed E-state index contributed by atoms with van der Waals surface area (Å²) in [6.45, 7) is 1.25. The van der Waals surface area contributed by atoms with E-state index in [4.69, 9.17) is 11.6 Å². The Labute approximate surface area is 147 Å². The predicted molar refractivity (Wildman–Crippen MR) is 92.0 cm³/mol. The van der Waals surface area contributed by atoms with E-state index < -0.39 is 23.4 Å². The van der Waals surface area contributed by atoms with Crippen molar-refractivity contribution in [1.82, 2.24) is 10.2 Å². The molecule has 0 bridgehead atoms. The number of rotatable bonds is 4. The number of nitrogens with zero attached hydrogens (tertiary/aromatic N) is 1. The highest BCUT2D eigenvalue weighted by atomic mass is 35.5. The standard InChI is InChI=1S/C16H14ClN3O3S/c1-16(10-6-7-24-9-10)14(22)20(15(23)19-16)8-13(21)18-12-5-3-2-4-11(12)17/h2-7,9H,8H2,1H3,(H,18,21)(H,19,23)/t16-/m0/s1. The quantitative estimate of drug-likeness (QED) is 0.820. The molecule has 1 aliphatic heterocycles. The van der Waals surface area contributed by atoms with Gasteiger partial charge in [-0.2, -0.15) is 11.3 Å². The summed E-state index contributed by atoms with van der Waals surface area (Å²) in [5.74, 6) is -0.957. The molecule has 2 heterocycles. The van der Waals surface area contributed by atoms with Gasteiger partial charge in [0.05, 0.1) is 10.7 Å². The Kier molecular flexibility index (Phi) is 4.29. The molecule has 2 N–H and O–H groups in total. The number of carbonyl (C=O) groups is 3. The third-order valence-corrected chi connectivity index (χ3v) is 4.84. The van der Waals surface area contributed by atoms with E-state index in [1.165, 1.54) is 11.3 Å². The molecule has 1 saturated heterocycles. The minimum Gasteiger partial charge on any atom is -0.323 e. The molecule has 0 radical (unpaired) electrons. The van der Waals surface area contributed by atoms with Crippen LogP contribution in [0.4, 0.5) is 10.5 Å². The van der Waals surface area contributed by atoms with E-state index >= 15 is 0 Å². The Bertz CT molecular complexity index is 809. The van der Waals surface area contributed by atoms with Gasteiger partial charge < -0.3 is 10.6 Å². The Morgan fingerprint density at radius 2 is 2.08 bits per heavy atom. The van der Waals surface area contributed by atoms with Crippen molar-refractivity contribution < 1.29 is 14.4 Å². The van der Waals surface area contributed by atoms with E-state index in [0.29, 0.717) is 16.3 Å². The lowest BCUT2D eigenvalue weighted by atomic mass is 9.95. The van der Waals surface area contributed by atoms with Crippen LogP contribution in [0.5, 0.6) is 0 Å². The van der Waals surface area contributed by atoms with E-state index in [-0.39, 0.29) is 6.54 Å². The minimum absolute atomic E-state index is 0.379. The minimum atomic E-state index is -1.15. The number of anilines is 1. The zero-order chi connectivity index (χ0) is 17.3. The number of imide groups is 1. The van der Waals surface area contributed by atoms with Gasteiger partial charge in [0.2, 0.25) is 5.91 Å². The summed E-state index contributed by atoms with van der Waals surface area (Å²) in [5.41, 5.74) is -0.0291. The van der Waals surface area contributed by atoms with Crippen molar-refractivity contribution in [1.29, 1.82) is 0 Å². The number of amides is 4. The number of urea groups is 1. The Hall–Kier alpha value is -2.38. The molecule has 3 rings (SSSR count). The van der Waals surface area contributed by atoms with Gasteiger partial charge in [-0.25, -0.2) is 4.79 Å². The predicted octanol–water partition coefficient (Wildman–Crippen LogP) is 2.81. The molecule has 0 spiro atoms. The summed E-state index contributed by atoms with van der Waals surface area (Å²) in [6, 6.07) is 7.92. The van der Waals surface area contributed by atoms with E-state index in [0.717, 1.165) is 4.90 Å². The maximum atomic E-state index is 12.6. The van der Waals surface area contributed by atoms with Gasteiger partial charge in [0, 0.05) is 0 Å². The average molecular weight is 364 g/mol. The maximum Gasteiger partial charge on any atom is 0.325 e. The van der Waals surface area contributed by atoms with E-state index in [2.05, 4.69) is 10.6 Å². The molecule has 8 heteroatoms. The van der Waals surface area contributed by atoms with Crippen LogP contribution in [0.1, 0.15) is 12.5 Å². The van der Waals surface area contributed by atoms with E-state index in [9.17, 15) is 14.4 Å².